The van der Waals surface area contributed by atoms with Crippen LogP contribution in [0.25, 0.3) is 22.3 Å². The molecule has 11 heavy (non-hydrogen) atoms. The van der Waals surface area contributed by atoms with Gasteiger partial charge in [-0.15, -0.1) is 0 Å². The summed E-state index contributed by atoms with van der Waals surface area (Å²) < 4.78 is 10.1. The molecule has 1 aromatic carbocycles. The molecule has 0 spiro atoms. The Hall–Kier alpha value is -1.51. The minimum atomic E-state index is 0.0250. The Balaban J connectivity index is 2.43. The second-order valence-corrected chi connectivity index (χ2v) is 2.67. The molecule has 0 radical (unpaired) electrons. The number of ketones is 1. The Kier molecular flexibility index (Phi) is 0.591. The molecule has 0 bridgehead atoms. The lowest BCUT2D eigenvalue weighted by Crippen LogP contribution is -1.87. The molecule has 0 fully saturated rings. The third-order valence-electron chi connectivity index (χ3n) is 1.87. The zero-order valence-electron chi connectivity index (χ0n) is 5.80. The largest absolute Gasteiger partial charge is 0.445 e. The Labute approximate surface area is 61.2 Å². The van der Waals surface area contributed by atoms with Gasteiger partial charge in [-0.05, 0) is 13.0 Å². The maximum atomic E-state index is 10.9. The van der Waals surface area contributed by atoms with Gasteiger partial charge in [0, 0.05) is 0 Å². The summed E-state index contributed by atoms with van der Waals surface area (Å²) in [5.74, 6) is 0.0250. The van der Waals surface area contributed by atoms with E-state index in [4.69, 9.17) is 8.83 Å². The minimum absolute atomic E-state index is 0.0250. The molecule has 3 rings (SSSR count). The first kappa shape index (κ1) is 5.18. The quantitative estimate of drug-likeness (QED) is 0.497. The molecule has 0 atom stereocenters. The Morgan fingerprint density at radius 1 is 1.27 bits per heavy atom. The Bertz CT molecular complexity index is 513. The van der Waals surface area contributed by atoms with Crippen LogP contribution < -0.4 is 0 Å². The molecule has 54 valence electrons. The summed E-state index contributed by atoms with van der Waals surface area (Å²) in [5, 5.41) is 0. The summed E-state index contributed by atoms with van der Waals surface area (Å²) in [6, 6.07) is 1.73. The topological polar surface area (TPSA) is 43.4 Å². The highest BCUT2D eigenvalue weighted by atomic mass is 16.4. The first-order chi connectivity index (χ1) is 5.27. The van der Waals surface area contributed by atoms with Gasteiger partial charge in [0.15, 0.2) is 16.9 Å². The van der Waals surface area contributed by atoms with Crippen LogP contribution in [0.2, 0.25) is 0 Å². The van der Waals surface area contributed by atoms with Gasteiger partial charge in [0.2, 0.25) is 11.2 Å². The second kappa shape index (κ2) is 1.25. The summed E-state index contributed by atoms with van der Waals surface area (Å²) >= 11 is 0. The van der Waals surface area contributed by atoms with Crippen molar-refractivity contribution < 1.29 is 13.6 Å². The van der Waals surface area contributed by atoms with E-state index in [0.29, 0.717) is 11.1 Å². The lowest BCUT2D eigenvalue weighted by atomic mass is 10.2. The van der Waals surface area contributed by atoms with Crippen molar-refractivity contribution in [1.82, 2.24) is 0 Å². The first-order valence-electron chi connectivity index (χ1n) is 3.35. The van der Waals surface area contributed by atoms with Crippen molar-refractivity contribution in [2.45, 2.75) is 6.92 Å². The molecule has 0 unspecified atom stereocenters. The normalized spacial score (nSPS) is 12.5. The van der Waals surface area contributed by atoms with Gasteiger partial charge in [-0.2, -0.15) is 0 Å². The summed E-state index contributed by atoms with van der Waals surface area (Å²) in [7, 11) is 0. The van der Waals surface area contributed by atoms with Crippen LogP contribution in [0.3, 0.4) is 0 Å². The van der Waals surface area contributed by atoms with E-state index < -0.39 is 0 Å². The van der Waals surface area contributed by atoms with Gasteiger partial charge in [-0.25, -0.2) is 0 Å². The highest BCUT2D eigenvalue weighted by Gasteiger charge is 2.26. The molecule has 3 aromatic rings. The van der Waals surface area contributed by atoms with Crippen molar-refractivity contribution >= 4 is 28.1 Å². The van der Waals surface area contributed by atoms with Crippen LogP contribution in [-0.2, 0) is 0 Å². The summed E-state index contributed by atoms with van der Waals surface area (Å²) in [6.07, 6.45) is 0. The molecule has 2 heterocycles. The van der Waals surface area contributed by atoms with Crippen LogP contribution in [0.5, 0.6) is 0 Å². The number of hydrogen-bond acceptors (Lipinski definition) is 3. The molecule has 3 nitrogen and oxygen atoms in total. The number of carbonyl (C=O) groups excluding carboxylic acids is 1. The van der Waals surface area contributed by atoms with E-state index >= 15 is 0 Å². The van der Waals surface area contributed by atoms with Gasteiger partial charge in [0.05, 0.1) is 5.56 Å². The molecule has 3 heteroatoms. The number of carbonyl (C=O) groups is 1. The summed E-state index contributed by atoms with van der Waals surface area (Å²) in [4.78, 5) is 10.9. The van der Waals surface area contributed by atoms with E-state index in [1.165, 1.54) is 6.92 Å². The standard InChI is InChI=1S/C8H4O3/c1-3(9)4-2-5-7(10-5)8-6(4)11-8/h2H,1H3. The molecular formula is C8H4O3. The SMILES string of the molecule is CC(=O)c1cc2oc2c2oc12. The Morgan fingerprint density at radius 3 is 2.82 bits per heavy atom. The smallest absolute Gasteiger partial charge is 0.217 e. The average molecular weight is 148 g/mol. The van der Waals surface area contributed by atoms with E-state index in [9.17, 15) is 4.79 Å². The number of Topliss-reactive ketones (excluding diaryl/α,β-unsaturated/α-hetero) is 1. The van der Waals surface area contributed by atoms with Crippen molar-refractivity contribution in [3.05, 3.63) is 11.6 Å². The predicted molar refractivity (Wildman–Crippen MR) is 38.4 cm³/mol. The van der Waals surface area contributed by atoms with Gasteiger partial charge in [-0.3, -0.25) is 4.79 Å². The molecule has 0 aliphatic heterocycles. The van der Waals surface area contributed by atoms with Crippen LogP contribution in [-0.4, -0.2) is 5.78 Å². The zero-order chi connectivity index (χ0) is 7.59. The molecule has 2 aromatic heterocycles. The summed E-state index contributed by atoms with van der Waals surface area (Å²) in [6.45, 7) is 1.52. The van der Waals surface area contributed by atoms with Gasteiger partial charge < -0.3 is 8.83 Å². The van der Waals surface area contributed by atoms with E-state index in [1.807, 2.05) is 0 Å². The summed E-state index contributed by atoms with van der Waals surface area (Å²) in [5.41, 5.74) is 3.69. The van der Waals surface area contributed by atoms with Crippen molar-refractivity contribution in [1.29, 1.82) is 0 Å². The fourth-order valence-electron chi connectivity index (χ4n) is 1.20. The average Bonchev–Trinajstić information content (AvgIpc) is 2.79. The van der Waals surface area contributed by atoms with E-state index in [1.54, 1.807) is 6.07 Å². The van der Waals surface area contributed by atoms with E-state index in [0.717, 1.165) is 16.7 Å². The first-order valence-corrected chi connectivity index (χ1v) is 3.35. The monoisotopic (exact) mass is 148 g/mol. The van der Waals surface area contributed by atoms with Crippen LogP contribution in [0.15, 0.2) is 14.9 Å². The number of fused-ring (bicyclic) bond motifs is 3. The number of benzene rings is 1. The fourth-order valence-corrected chi connectivity index (χ4v) is 1.20. The van der Waals surface area contributed by atoms with Crippen LogP contribution in [0, 0.1) is 0 Å². The van der Waals surface area contributed by atoms with Crippen molar-refractivity contribution in [2.24, 2.45) is 0 Å². The Morgan fingerprint density at radius 2 is 2.09 bits per heavy atom. The maximum Gasteiger partial charge on any atom is 0.217 e. The van der Waals surface area contributed by atoms with Gasteiger partial charge >= 0.3 is 0 Å². The van der Waals surface area contributed by atoms with Gasteiger partial charge in [-0.1, -0.05) is 0 Å². The predicted octanol–water partition coefficient (Wildman–Crippen LogP) is 2.26. The molecule has 0 aliphatic rings. The second-order valence-electron chi connectivity index (χ2n) is 2.67. The molecule has 0 saturated carbocycles. The molecular weight excluding hydrogens is 144 g/mol. The molecule has 0 aliphatic carbocycles. The van der Waals surface area contributed by atoms with Crippen LogP contribution in [0.1, 0.15) is 17.3 Å². The van der Waals surface area contributed by atoms with E-state index in [-0.39, 0.29) is 5.78 Å². The molecule has 0 amide bonds. The number of hydrogen-bond donors (Lipinski definition) is 0. The molecule has 0 saturated heterocycles. The lowest BCUT2D eigenvalue weighted by molar-refractivity contribution is 0.101. The maximum absolute atomic E-state index is 10.9. The highest BCUT2D eigenvalue weighted by molar-refractivity contribution is 6.16. The number of rotatable bonds is 1. The van der Waals surface area contributed by atoms with Crippen molar-refractivity contribution in [2.75, 3.05) is 0 Å². The third kappa shape index (κ3) is 0.510. The van der Waals surface area contributed by atoms with Crippen LogP contribution in [0.4, 0.5) is 0 Å². The van der Waals surface area contributed by atoms with Gasteiger partial charge in [0.25, 0.3) is 0 Å². The fraction of sp³-hybridized carbons (Fsp3) is 0.125. The molecule has 0 N–H and O–H groups in total. The van der Waals surface area contributed by atoms with Crippen LogP contribution >= 0.6 is 0 Å². The minimum Gasteiger partial charge on any atom is -0.445 e. The third-order valence-corrected chi connectivity index (χ3v) is 1.87. The van der Waals surface area contributed by atoms with E-state index in [2.05, 4.69) is 0 Å². The van der Waals surface area contributed by atoms with Gasteiger partial charge in [0.1, 0.15) is 0 Å². The zero-order valence-corrected chi connectivity index (χ0v) is 5.80. The lowest BCUT2D eigenvalue weighted by Gasteiger charge is -1.82. The highest BCUT2D eigenvalue weighted by Crippen LogP contribution is 2.41. The van der Waals surface area contributed by atoms with Crippen molar-refractivity contribution in [3.63, 3.8) is 0 Å². The van der Waals surface area contributed by atoms with Crippen molar-refractivity contribution in [3.8, 4) is 0 Å².